The molecular formula is C19H25ClN2O3. The highest BCUT2D eigenvalue weighted by Crippen LogP contribution is 2.23. The molecule has 6 heteroatoms. The zero-order valence-corrected chi connectivity index (χ0v) is 15.5. The van der Waals surface area contributed by atoms with Crippen molar-refractivity contribution in [1.29, 1.82) is 0 Å². The van der Waals surface area contributed by atoms with Gasteiger partial charge in [0.25, 0.3) is 5.91 Å². The number of hydrogen-bond donors (Lipinski definition) is 0. The summed E-state index contributed by atoms with van der Waals surface area (Å²) in [4.78, 5) is 29.3. The lowest BCUT2D eigenvalue weighted by Gasteiger charge is -2.39. The summed E-state index contributed by atoms with van der Waals surface area (Å²) in [6.45, 7) is 6.43. The van der Waals surface area contributed by atoms with Gasteiger partial charge in [0.05, 0.1) is 18.1 Å². The van der Waals surface area contributed by atoms with Crippen molar-refractivity contribution in [2.45, 2.75) is 38.9 Å². The number of ether oxygens (including phenoxy) is 1. The molecule has 2 saturated heterocycles. The molecule has 0 radical (unpaired) electrons. The Morgan fingerprint density at radius 3 is 2.32 bits per heavy atom. The van der Waals surface area contributed by atoms with Crippen molar-refractivity contribution >= 4 is 23.4 Å². The molecular weight excluding hydrogens is 340 g/mol. The molecule has 0 spiro atoms. The van der Waals surface area contributed by atoms with Gasteiger partial charge in [0.1, 0.15) is 0 Å². The Morgan fingerprint density at radius 2 is 1.68 bits per heavy atom. The van der Waals surface area contributed by atoms with Crippen LogP contribution in [0.2, 0.25) is 5.02 Å². The van der Waals surface area contributed by atoms with Gasteiger partial charge >= 0.3 is 0 Å². The SMILES string of the molecule is C[C@@H]1CN(C(=O)[C@@H]2CCCN(C(=O)c3ccc(Cl)cc3)C2)C[C@@H](C)O1. The number of rotatable bonds is 2. The minimum absolute atomic E-state index is 0.0297. The van der Waals surface area contributed by atoms with E-state index in [9.17, 15) is 9.59 Å². The minimum atomic E-state index is -0.123. The fourth-order valence-corrected chi connectivity index (χ4v) is 3.88. The van der Waals surface area contributed by atoms with Crippen LogP contribution in [0.4, 0.5) is 0 Å². The summed E-state index contributed by atoms with van der Waals surface area (Å²) < 4.78 is 5.71. The van der Waals surface area contributed by atoms with Crippen molar-refractivity contribution < 1.29 is 14.3 Å². The molecule has 2 aliphatic heterocycles. The van der Waals surface area contributed by atoms with Gasteiger partial charge in [0.15, 0.2) is 0 Å². The molecule has 2 heterocycles. The molecule has 2 amide bonds. The maximum absolute atomic E-state index is 12.9. The highest BCUT2D eigenvalue weighted by molar-refractivity contribution is 6.30. The summed E-state index contributed by atoms with van der Waals surface area (Å²) in [5.41, 5.74) is 0.617. The van der Waals surface area contributed by atoms with E-state index in [-0.39, 0.29) is 29.9 Å². The first-order chi connectivity index (χ1) is 11.9. The van der Waals surface area contributed by atoms with Gasteiger partial charge in [-0.25, -0.2) is 0 Å². The Kier molecular flexibility index (Phi) is 5.64. The monoisotopic (exact) mass is 364 g/mol. The molecule has 2 aliphatic rings. The van der Waals surface area contributed by atoms with Crippen LogP contribution in [0.1, 0.15) is 37.0 Å². The molecule has 3 rings (SSSR count). The van der Waals surface area contributed by atoms with Crippen molar-refractivity contribution in [3.63, 3.8) is 0 Å². The smallest absolute Gasteiger partial charge is 0.253 e. The van der Waals surface area contributed by atoms with Crippen LogP contribution in [0.5, 0.6) is 0 Å². The number of likely N-dealkylation sites (tertiary alicyclic amines) is 1. The molecule has 0 bridgehead atoms. The number of halogens is 1. The Hall–Kier alpha value is -1.59. The quantitative estimate of drug-likeness (QED) is 0.810. The second-order valence-electron chi connectivity index (χ2n) is 7.10. The third-order valence-electron chi connectivity index (χ3n) is 4.88. The van der Waals surface area contributed by atoms with Gasteiger partial charge in [-0.05, 0) is 51.0 Å². The molecule has 25 heavy (non-hydrogen) atoms. The van der Waals surface area contributed by atoms with Crippen molar-refractivity contribution in [2.75, 3.05) is 26.2 Å². The molecule has 1 aromatic carbocycles. The number of morpholine rings is 1. The first kappa shape index (κ1) is 18.2. The van der Waals surface area contributed by atoms with Crippen molar-refractivity contribution in [2.24, 2.45) is 5.92 Å². The Balaban J connectivity index is 1.65. The van der Waals surface area contributed by atoms with Gasteiger partial charge < -0.3 is 14.5 Å². The molecule has 0 unspecified atom stereocenters. The summed E-state index contributed by atoms with van der Waals surface area (Å²) in [7, 11) is 0. The van der Waals surface area contributed by atoms with Gasteiger partial charge in [-0.15, -0.1) is 0 Å². The molecule has 136 valence electrons. The summed E-state index contributed by atoms with van der Waals surface area (Å²) in [5, 5.41) is 0.610. The van der Waals surface area contributed by atoms with Crippen LogP contribution in [-0.4, -0.2) is 60.0 Å². The lowest BCUT2D eigenvalue weighted by molar-refractivity contribution is -0.148. The van der Waals surface area contributed by atoms with E-state index in [2.05, 4.69) is 0 Å². The van der Waals surface area contributed by atoms with E-state index in [1.807, 2.05) is 18.7 Å². The summed E-state index contributed by atoms with van der Waals surface area (Å²) in [5.74, 6) is -0.00372. The molecule has 0 saturated carbocycles. The minimum Gasteiger partial charge on any atom is -0.372 e. The molecule has 0 aromatic heterocycles. The number of carbonyl (C=O) groups is 2. The maximum atomic E-state index is 12.9. The molecule has 3 atom stereocenters. The average Bonchev–Trinajstić information content (AvgIpc) is 2.60. The average molecular weight is 365 g/mol. The largest absolute Gasteiger partial charge is 0.372 e. The summed E-state index contributed by atoms with van der Waals surface area (Å²) >= 11 is 5.89. The first-order valence-electron chi connectivity index (χ1n) is 8.93. The molecule has 1 aromatic rings. The van der Waals surface area contributed by atoms with Crippen LogP contribution in [0.15, 0.2) is 24.3 Å². The van der Waals surface area contributed by atoms with E-state index in [1.54, 1.807) is 29.2 Å². The van der Waals surface area contributed by atoms with E-state index >= 15 is 0 Å². The number of piperidine rings is 1. The Labute approximate surface area is 153 Å². The number of amides is 2. The number of nitrogens with zero attached hydrogens (tertiary/aromatic N) is 2. The van der Waals surface area contributed by atoms with Crippen molar-refractivity contribution in [3.8, 4) is 0 Å². The van der Waals surface area contributed by atoms with Crippen LogP contribution >= 0.6 is 11.6 Å². The number of hydrogen-bond acceptors (Lipinski definition) is 3. The Morgan fingerprint density at radius 1 is 1.04 bits per heavy atom. The van der Waals surface area contributed by atoms with Gasteiger partial charge in [0.2, 0.25) is 5.91 Å². The zero-order chi connectivity index (χ0) is 18.0. The number of benzene rings is 1. The molecule has 5 nitrogen and oxygen atoms in total. The maximum Gasteiger partial charge on any atom is 0.253 e. The van der Waals surface area contributed by atoms with E-state index in [0.29, 0.717) is 36.8 Å². The predicted molar refractivity (Wildman–Crippen MR) is 96.7 cm³/mol. The molecule has 0 aliphatic carbocycles. The third kappa shape index (κ3) is 4.33. The van der Waals surface area contributed by atoms with Crippen LogP contribution in [0.25, 0.3) is 0 Å². The van der Waals surface area contributed by atoms with Crippen LogP contribution in [-0.2, 0) is 9.53 Å². The lowest BCUT2D eigenvalue weighted by Crippen LogP contribution is -2.53. The standard InChI is InChI=1S/C19H25ClN2O3/c1-13-10-22(11-14(2)25-13)19(24)16-4-3-9-21(12-16)18(23)15-5-7-17(20)8-6-15/h5-8,13-14,16H,3-4,9-12H2,1-2H3/t13-,14-,16-/m1/s1. The van der Waals surface area contributed by atoms with Crippen LogP contribution in [0, 0.1) is 5.92 Å². The van der Waals surface area contributed by atoms with Gasteiger partial charge in [-0.1, -0.05) is 11.6 Å². The fraction of sp³-hybridized carbons (Fsp3) is 0.579. The predicted octanol–water partition coefficient (Wildman–Crippen LogP) is 2.83. The van der Waals surface area contributed by atoms with Crippen LogP contribution in [0.3, 0.4) is 0 Å². The van der Waals surface area contributed by atoms with Gasteiger partial charge in [0, 0.05) is 36.8 Å². The third-order valence-corrected chi connectivity index (χ3v) is 5.13. The van der Waals surface area contributed by atoms with Crippen molar-refractivity contribution in [1.82, 2.24) is 9.80 Å². The normalized spacial score (nSPS) is 27.2. The highest BCUT2D eigenvalue weighted by Gasteiger charge is 2.34. The fourth-order valence-electron chi connectivity index (χ4n) is 3.75. The lowest BCUT2D eigenvalue weighted by atomic mass is 9.95. The Bertz CT molecular complexity index is 624. The highest BCUT2D eigenvalue weighted by atomic mass is 35.5. The van der Waals surface area contributed by atoms with Gasteiger partial charge in [-0.3, -0.25) is 9.59 Å². The van der Waals surface area contributed by atoms with E-state index < -0.39 is 0 Å². The second-order valence-corrected chi connectivity index (χ2v) is 7.53. The first-order valence-corrected chi connectivity index (χ1v) is 9.31. The summed E-state index contributed by atoms with van der Waals surface area (Å²) in [6, 6.07) is 6.92. The van der Waals surface area contributed by atoms with E-state index in [4.69, 9.17) is 16.3 Å². The van der Waals surface area contributed by atoms with Crippen LogP contribution < -0.4 is 0 Å². The second kappa shape index (κ2) is 7.75. The van der Waals surface area contributed by atoms with Crippen molar-refractivity contribution in [3.05, 3.63) is 34.9 Å². The van der Waals surface area contributed by atoms with E-state index in [0.717, 1.165) is 12.8 Å². The molecule has 0 N–H and O–H groups in total. The zero-order valence-electron chi connectivity index (χ0n) is 14.8. The topological polar surface area (TPSA) is 49.9 Å². The molecule has 2 fully saturated rings. The summed E-state index contributed by atoms with van der Waals surface area (Å²) in [6.07, 6.45) is 1.81. The number of carbonyl (C=O) groups excluding carboxylic acids is 2. The van der Waals surface area contributed by atoms with Gasteiger partial charge in [-0.2, -0.15) is 0 Å². The van der Waals surface area contributed by atoms with E-state index in [1.165, 1.54) is 0 Å².